The van der Waals surface area contributed by atoms with Crippen molar-refractivity contribution in [2.75, 3.05) is 17.6 Å². The second kappa shape index (κ2) is 8.00. The molecule has 1 aromatic heterocycles. The summed E-state index contributed by atoms with van der Waals surface area (Å²) in [5, 5.41) is 7.84. The lowest BCUT2D eigenvalue weighted by Crippen LogP contribution is -2.21. The quantitative estimate of drug-likeness (QED) is 0.699. The van der Waals surface area contributed by atoms with Gasteiger partial charge in [0.1, 0.15) is 5.02 Å². The Balaban J connectivity index is 2.13. The molecule has 0 radical (unpaired) electrons. The van der Waals surface area contributed by atoms with Crippen LogP contribution in [0, 0.1) is 0 Å². The molecule has 2 aromatic rings. The van der Waals surface area contributed by atoms with E-state index >= 15 is 0 Å². The molecule has 1 heterocycles. The van der Waals surface area contributed by atoms with Crippen molar-refractivity contribution in [3.05, 3.63) is 49.8 Å². The smallest absolute Gasteiger partial charge is 0.291 e. The van der Waals surface area contributed by atoms with Gasteiger partial charge in [0.15, 0.2) is 0 Å². The lowest BCUT2D eigenvalue weighted by atomic mass is 10.2. The molecule has 0 spiro atoms. The van der Waals surface area contributed by atoms with E-state index in [2.05, 4.69) is 31.2 Å². The van der Waals surface area contributed by atoms with Gasteiger partial charge < -0.3 is 5.32 Å². The highest BCUT2D eigenvalue weighted by Gasteiger charge is 2.12. The van der Waals surface area contributed by atoms with Gasteiger partial charge in [0.2, 0.25) is 0 Å². The highest BCUT2D eigenvalue weighted by molar-refractivity contribution is 8.00. The van der Waals surface area contributed by atoms with E-state index in [1.807, 2.05) is 17.8 Å². The number of rotatable bonds is 5. The number of aromatic nitrogens is 2. The standard InChI is InChI=1S/C16H18Cl3N3OS/c1-16(2,3)24-7-6-20-13-5-4-10(8-11(13)17)22-15(23)14(19)12(18)9-21-22/h4-5,8-9,20H,6-7H2,1-3H3. The van der Waals surface area contributed by atoms with Crippen molar-refractivity contribution in [3.8, 4) is 5.69 Å². The number of nitrogens with one attached hydrogen (secondary N) is 1. The Bertz CT molecular complexity index is 787. The molecular formula is C16H18Cl3N3OS. The molecule has 0 atom stereocenters. The van der Waals surface area contributed by atoms with Gasteiger partial charge in [-0.25, -0.2) is 0 Å². The summed E-state index contributed by atoms with van der Waals surface area (Å²) in [6, 6.07) is 5.24. The number of benzene rings is 1. The molecule has 4 nitrogen and oxygen atoms in total. The highest BCUT2D eigenvalue weighted by atomic mass is 35.5. The summed E-state index contributed by atoms with van der Waals surface area (Å²) in [6.07, 6.45) is 1.33. The van der Waals surface area contributed by atoms with Gasteiger partial charge in [-0.1, -0.05) is 55.6 Å². The number of halogens is 3. The van der Waals surface area contributed by atoms with Gasteiger partial charge >= 0.3 is 0 Å². The molecule has 24 heavy (non-hydrogen) atoms. The predicted molar refractivity (Wildman–Crippen MR) is 106 cm³/mol. The van der Waals surface area contributed by atoms with E-state index in [0.29, 0.717) is 10.7 Å². The topological polar surface area (TPSA) is 46.9 Å². The van der Waals surface area contributed by atoms with Crippen molar-refractivity contribution in [3.63, 3.8) is 0 Å². The van der Waals surface area contributed by atoms with Crippen LogP contribution in [-0.2, 0) is 0 Å². The molecule has 1 aromatic carbocycles. The zero-order chi connectivity index (χ0) is 17.9. The molecule has 0 aliphatic carbocycles. The Labute approximate surface area is 160 Å². The van der Waals surface area contributed by atoms with E-state index < -0.39 is 5.56 Å². The van der Waals surface area contributed by atoms with E-state index in [4.69, 9.17) is 34.8 Å². The van der Waals surface area contributed by atoms with Crippen LogP contribution in [0.2, 0.25) is 15.1 Å². The van der Waals surface area contributed by atoms with Crippen LogP contribution < -0.4 is 10.9 Å². The Morgan fingerprint density at radius 1 is 1.21 bits per heavy atom. The van der Waals surface area contributed by atoms with E-state index in [1.165, 1.54) is 10.9 Å². The first kappa shape index (κ1) is 19.4. The Hall–Kier alpha value is -0.880. The minimum atomic E-state index is -0.484. The van der Waals surface area contributed by atoms with Crippen molar-refractivity contribution in [2.45, 2.75) is 25.5 Å². The monoisotopic (exact) mass is 405 g/mol. The Kier molecular flexibility index (Phi) is 6.48. The SMILES string of the molecule is CC(C)(C)SCCNc1ccc(-n2ncc(Cl)c(Cl)c2=O)cc1Cl. The molecule has 0 aliphatic heterocycles. The molecule has 0 bridgehead atoms. The maximum absolute atomic E-state index is 12.1. The summed E-state index contributed by atoms with van der Waals surface area (Å²) in [5.41, 5.74) is 0.851. The molecule has 0 fully saturated rings. The zero-order valence-electron chi connectivity index (χ0n) is 13.6. The largest absolute Gasteiger partial charge is 0.383 e. The van der Waals surface area contributed by atoms with Crippen LogP contribution in [0.3, 0.4) is 0 Å². The third-order valence-electron chi connectivity index (χ3n) is 3.03. The normalized spacial score (nSPS) is 11.6. The third-order valence-corrected chi connectivity index (χ3v) is 5.36. The molecule has 0 saturated carbocycles. The zero-order valence-corrected chi connectivity index (χ0v) is 16.7. The molecule has 0 amide bonds. The fourth-order valence-electron chi connectivity index (χ4n) is 1.92. The molecular weight excluding hydrogens is 389 g/mol. The van der Waals surface area contributed by atoms with Crippen LogP contribution in [0.25, 0.3) is 5.69 Å². The minimum absolute atomic E-state index is 0.0656. The van der Waals surface area contributed by atoms with Crippen LogP contribution in [-0.4, -0.2) is 26.8 Å². The first-order valence-electron chi connectivity index (χ1n) is 7.30. The molecule has 0 unspecified atom stereocenters. The van der Waals surface area contributed by atoms with Crippen LogP contribution in [0.4, 0.5) is 5.69 Å². The van der Waals surface area contributed by atoms with Crippen molar-refractivity contribution in [1.29, 1.82) is 0 Å². The third kappa shape index (κ3) is 5.06. The number of nitrogens with zero attached hydrogens (tertiary/aromatic N) is 2. The minimum Gasteiger partial charge on any atom is -0.383 e. The predicted octanol–water partition coefficient (Wildman–Crippen LogP) is 5.14. The van der Waals surface area contributed by atoms with Crippen LogP contribution in [0.5, 0.6) is 0 Å². The number of hydrogen-bond acceptors (Lipinski definition) is 4. The summed E-state index contributed by atoms with van der Waals surface area (Å²) < 4.78 is 1.40. The maximum atomic E-state index is 12.1. The van der Waals surface area contributed by atoms with Crippen LogP contribution in [0.1, 0.15) is 20.8 Å². The fourth-order valence-corrected chi connectivity index (χ4v) is 3.23. The lowest BCUT2D eigenvalue weighted by Gasteiger charge is -2.18. The van der Waals surface area contributed by atoms with Crippen molar-refractivity contribution in [1.82, 2.24) is 9.78 Å². The van der Waals surface area contributed by atoms with E-state index in [0.717, 1.165) is 18.0 Å². The summed E-state index contributed by atoms with van der Waals surface area (Å²) in [6.45, 7) is 7.34. The Morgan fingerprint density at radius 2 is 1.92 bits per heavy atom. The first-order chi connectivity index (χ1) is 11.2. The number of hydrogen-bond donors (Lipinski definition) is 1. The maximum Gasteiger partial charge on any atom is 0.291 e. The Morgan fingerprint density at radius 3 is 2.54 bits per heavy atom. The van der Waals surface area contributed by atoms with Gasteiger partial charge in [0, 0.05) is 17.0 Å². The van der Waals surface area contributed by atoms with E-state index in [1.54, 1.807) is 12.1 Å². The van der Waals surface area contributed by atoms with Gasteiger partial charge in [-0.3, -0.25) is 4.79 Å². The second-order valence-corrected chi connectivity index (χ2v) is 9.19. The molecule has 130 valence electrons. The molecule has 0 saturated heterocycles. The van der Waals surface area contributed by atoms with Crippen molar-refractivity contribution in [2.24, 2.45) is 0 Å². The van der Waals surface area contributed by atoms with Gasteiger partial charge in [-0.05, 0) is 18.2 Å². The van der Waals surface area contributed by atoms with Gasteiger partial charge in [0.25, 0.3) is 5.56 Å². The number of anilines is 1. The van der Waals surface area contributed by atoms with Crippen molar-refractivity contribution >= 4 is 52.3 Å². The molecule has 8 heteroatoms. The van der Waals surface area contributed by atoms with Crippen LogP contribution >= 0.6 is 46.6 Å². The average Bonchev–Trinajstić information content (AvgIpc) is 2.50. The summed E-state index contributed by atoms with van der Waals surface area (Å²) in [4.78, 5) is 12.1. The molecule has 2 rings (SSSR count). The molecule has 1 N–H and O–H groups in total. The van der Waals surface area contributed by atoms with Gasteiger partial charge in [0.05, 0.1) is 27.6 Å². The average molecular weight is 407 g/mol. The lowest BCUT2D eigenvalue weighted by molar-refractivity contribution is 0.802. The molecule has 0 aliphatic rings. The fraction of sp³-hybridized carbons (Fsp3) is 0.375. The summed E-state index contributed by atoms with van der Waals surface area (Å²) in [5.74, 6) is 0.968. The second-order valence-electron chi connectivity index (χ2n) is 6.08. The van der Waals surface area contributed by atoms with Crippen LogP contribution in [0.15, 0.2) is 29.2 Å². The summed E-state index contributed by atoms with van der Waals surface area (Å²) in [7, 11) is 0. The number of thioether (sulfide) groups is 1. The first-order valence-corrected chi connectivity index (χ1v) is 9.42. The van der Waals surface area contributed by atoms with E-state index in [9.17, 15) is 4.79 Å². The highest BCUT2D eigenvalue weighted by Crippen LogP contribution is 2.26. The summed E-state index contributed by atoms with van der Waals surface area (Å²) >= 11 is 19.8. The van der Waals surface area contributed by atoms with Gasteiger partial charge in [-0.15, -0.1) is 0 Å². The van der Waals surface area contributed by atoms with Gasteiger partial charge in [-0.2, -0.15) is 21.5 Å². The van der Waals surface area contributed by atoms with Crippen molar-refractivity contribution < 1.29 is 0 Å². The van der Waals surface area contributed by atoms with E-state index in [-0.39, 0.29) is 14.8 Å².